The zero-order valence-corrected chi connectivity index (χ0v) is 32.6. The monoisotopic (exact) mass is 852 g/mol. The molecule has 2 N–H and O–H groups in total. The van der Waals surface area contributed by atoms with Gasteiger partial charge in [-0.25, -0.2) is 0 Å². The van der Waals surface area contributed by atoms with E-state index >= 15 is 9.59 Å². The predicted molar refractivity (Wildman–Crippen MR) is 223 cm³/mol. The first-order valence-corrected chi connectivity index (χ1v) is 19.8. The van der Waals surface area contributed by atoms with Crippen LogP contribution in [0.4, 0.5) is 17.1 Å². The number of ether oxygens (including phenoxy) is 1. The van der Waals surface area contributed by atoms with Crippen LogP contribution >= 0.6 is 22.6 Å². The summed E-state index contributed by atoms with van der Waals surface area (Å²) in [6.07, 6.45) is 4.05. The van der Waals surface area contributed by atoms with Crippen molar-refractivity contribution in [2.24, 2.45) is 23.7 Å². The van der Waals surface area contributed by atoms with Crippen LogP contribution in [0.2, 0.25) is 0 Å². The molecule has 8 nitrogen and oxygen atoms in total. The van der Waals surface area contributed by atoms with Crippen molar-refractivity contribution in [3.8, 4) is 11.5 Å². The minimum Gasteiger partial charge on any atom is -0.504 e. The first-order valence-electron chi connectivity index (χ1n) is 18.7. The average molecular weight is 853 g/mol. The second-order valence-corrected chi connectivity index (χ2v) is 16.1. The second-order valence-electron chi connectivity index (χ2n) is 14.9. The molecule has 0 radical (unpaired) electrons. The molecule has 9 rings (SSSR count). The standard InChI is InChI=1S/C47H37IN2O6/c1-56-39-24-28(23-38(48)44(39)53)42-33-21-22-34-41(46(55)50(45(34)54)32-19-17-31(18-20-32)49-30-15-9-4-10-16-30)36(33)25-37-43(52)35(27-11-5-2-6-12-27)26-40(51)47(37,42)29-13-7-3-8-14-29/h2-21,23-24,26,34,36-37,41-42,49,53H,22,25H2,1H3/t34-,36+,37-,41-,42-,47-/m0/s1. The number of ketones is 2. The van der Waals surface area contributed by atoms with E-state index in [-0.39, 0.29) is 41.3 Å². The number of halogens is 1. The van der Waals surface area contributed by atoms with Gasteiger partial charge in [-0.3, -0.25) is 24.1 Å². The normalized spacial score (nSPS) is 25.5. The smallest absolute Gasteiger partial charge is 0.238 e. The molecule has 2 fully saturated rings. The van der Waals surface area contributed by atoms with Gasteiger partial charge in [-0.2, -0.15) is 0 Å². The van der Waals surface area contributed by atoms with Crippen LogP contribution in [-0.2, 0) is 24.6 Å². The third-order valence-electron chi connectivity index (χ3n) is 12.2. The summed E-state index contributed by atoms with van der Waals surface area (Å²) in [6, 6.07) is 39.3. The van der Waals surface area contributed by atoms with Gasteiger partial charge < -0.3 is 15.2 Å². The van der Waals surface area contributed by atoms with Crippen LogP contribution < -0.4 is 15.0 Å². The number of para-hydroxylation sites is 1. The number of phenolic OH excluding ortho intramolecular Hbond substituents is 1. The van der Waals surface area contributed by atoms with E-state index in [2.05, 4.69) is 27.9 Å². The number of benzene rings is 5. The number of hydrogen-bond acceptors (Lipinski definition) is 7. The third-order valence-corrected chi connectivity index (χ3v) is 13.0. The van der Waals surface area contributed by atoms with Crippen LogP contribution in [0.5, 0.6) is 11.5 Å². The van der Waals surface area contributed by atoms with E-state index in [0.29, 0.717) is 37.9 Å². The van der Waals surface area contributed by atoms with Gasteiger partial charge in [-0.1, -0.05) is 90.5 Å². The molecule has 0 unspecified atom stereocenters. The Kier molecular flexibility index (Phi) is 8.99. The number of phenols is 1. The van der Waals surface area contributed by atoms with Crippen molar-refractivity contribution >= 4 is 68.6 Å². The zero-order valence-electron chi connectivity index (χ0n) is 30.4. The van der Waals surface area contributed by atoms with Crippen LogP contribution in [0.3, 0.4) is 0 Å². The van der Waals surface area contributed by atoms with Crippen molar-refractivity contribution in [3.63, 3.8) is 0 Å². The first-order chi connectivity index (χ1) is 27.2. The lowest BCUT2D eigenvalue weighted by Gasteiger charge is -2.55. The van der Waals surface area contributed by atoms with Crippen LogP contribution in [-0.4, -0.2) is 35.6 Å². The van der Waals surface area contributed by atoms with Crippen LogP contribution in [0.1, 0.15) is 35.4 Å². The molecule has 5 aromatic rings. The predicted octanol–water partition coefficient (Wildman–Crippen LogP) is 8.78. The quantitative estimate of drug-likeness (QED) is 0.0957. The summed E-state index contributed by atoms with van der Waals surface area (Å²) < 4.78 is 6.17. The topological polar surface area (TPSA) is 113 Å². The number of nitrogens with one attached hydrogen (secondary N) is 1. The van der Waals surface area contributed by atoms with Gasteiger partial charge in [-0.05, 0) is 113 Å². The number of aromatic hydroxyl groups is 1. The maximum absolute atomic E-state index is 15.3. The van der Waals surface area contributed by atoms with Gasteiger partial charge in [-0.15, -0.1) is 0 Å². The highest BCUT2D eigenvalue weighted by Crippen LogP contribution is 2.64. The molecule has 1 aliphatic heterocycles. The summed E-state index contributed by atoms with van der Waals surface area (Å²) in [4.78, 5) is 60.9. The number of carbonyl (C=O) groups is 4. The fourth-order valence-corrected chi connectivity index (χ4v) is 10.4. The summed E-state index contributed by atoms with van der Waals surface area (Å²) in [5.74, 6) is -4.24. The minimum atomic E-state index is -1.39. The molecule has 5 aromatic carbocycles. The number of allylic oxidation sites excluding steroid dienone is 4. The van der Waals surface area contributed by atoms with Crippen molar-refractivity contribution in [1.82, 2.24) is 0 Å². The number of Topliss-reactive ketones (excluding diaryl/α,β-unsaturated/α-hetero) is 1. The lowest BCUT2D eigenvalue weighted by molar-refractivity contribution is -0.135. The number of nitrogens with zero attached hydrogens (tertiary/aromatic N) is 1. The lowest BCUT2D eigenvalue weighted by Crippen LogP contribution is -2.58. The molecule has 0 aromatic heterocycles. The fourth-order valence-electron chi connectivity index (χ4n) is 9.80. The number of hydrogen-bond donors (Lipinski definition) is 2. The number of carbonyl (C=O) groups excluding carboxylic acids is 4. The number of fused-ring (bicyclic) bond motifs is 4. The Morgan fingerprint density at radius 2 is 1.43 bits per heavy atom. The minimum absolute atomic E-state index is 0.0262. The van der Waals surface area contributed by atoms with Crippen molar-refractivity contribution < 1.29 is 29.0 Å². The molecule has 2 amide bonds. The van der Waals surface area contributed by atoms with E-state index in [1.807, 2.05) is 115 Å². The average Bonchev–Trinajstić information content (AvgIpc) is 3.49. The number of methoxy groups -OCH3 is 1. The summed E-state index contributed by atoms with van der Waals surface area (Å²) in [5.41, 5.74) is 4.03. The number of amides is 2. The molecule has 4 aliphatic rings. The van der Waals surface area contributed by atoms with E-state index in [1.54, 1.807) is 18.2 Å². The summed E-state index contributed by atoms with van der Waals surface area (Å²) in [7, 11) is 1.48. The summed E-state index contributed by atoms with van der Waals surface area (Å²) >= 11 is 2.05. The molecular weight excluding hydrogens is 815 g/mol. The molecule has 1 heterocycles. The van der Waals surface area contributed by atoms with Crippen molar-refractivity contribution in [2.75, 3.05) is 17.3 Å². The highest BCUT2D eigenvalue weighted by atomic mass is 127. The highest BCUT2D eigenvalue weighted by molar-refractivity contribution is 14.1. The first kappa shape index (κ1) is 35.9. The molecule has 56 heavy (non-hydrogen) atoms. The lowest BCUT2D eigenvalue weighted by atomic mass is 9.44. The Bertz CT molecular complexity index is 2470. The second kappa shape index (κ2) is 14.0. The van der Waals surface area contributed by atoms with E-state index in [0.717, 1.165) is 16.9 Å². The Hall–Kier alpha value is -5.81. The molecule has 0 bridgehead atoms. The maximum Gasteiger partial charge on any atom is 0.238 e. The Labute approximate surface area is 338 Å². The molecule has 6 atom stereocenters. The summed E-state index contributed by atoms with van der Waals surface area (Å²) in [5, 5.41) is 14.3. The van der Waals surface area contributed by atoms with E-state index in [1.165, 1.54) is 18.1 Å². The SMILES string of the molecule is COc1cc([C@H]2C3=CC[C@@H]4C(=O)N(c5ccc(Nc6ccccc6)cc5)C(=O)[C@@H]4[C@@H]3C[C@H]3C(=O)C(c4ccccc4)=CC(=O)[C@@]23c2ccccc2)cc(I)c1O. The van der Waals surface area contributed by atoms with Gasteiger partial charge in [0.15, 0.2) is 23.1 Å². The van der Waals surface area contributed by atoms with Gasteiger partial charge in [0, 0.05) is 28.8 Å². The Morgan fingerprint density at radius 3 is 2.11 bits per heavy atom. The van der Waals surface area contributed by atoms with Crippen LogP contribution in [0, 0.1) is 27.2 Å². The number of anilines is 3. The van der Waals surface area contributed by atoms with Crippen molar-refractivity contribution in [3.05, 3.63) is 165 Å². The maximum atomic E-state index is 15.3. The Balaban J connectivity index is 1.19. The highest BCUT2D eigenvalue weighted by Gasteiger charge is 2.66. The third kappa shape index (κ3) is 5.54. The number of rotatable bonds is 7. The van der Waals surface area contributed by atoms with Gasteiger partial charge >= 0.3 is 0 Å². The molecule has 1 saturated heterocycles. The zero-order chi connectivity index (χ0) is 38.7. The molecular formula is C47H37IN2O6. The molecule has 0 spiro atoms. The van der Waals surface area contributed by atoms with Gasteiger partial charge in [0.25, 0.3) is 0 Å². The van der Waals surface area contributed by atoms with E-state index < -0.39 is 35.0 Å². The van der Waals surface area contributed by atoms with Crippen LogP contribution in [0.25, 0.3) is 5.57 Å². The Morgan fingerprint density at radius 1 is 0.786 bits per heavy atom. The molecule has 3 aliphatic carbocycles. The van der Waals surface area contributed by atoms with Crippen LogP contribution in [0.15, 0.2) is 145 Å². The van der Waals surface area contributed by atoms with Crippen molar-refractivity contribution in [2.45, 2.75) is 24.2 Å². The largest absolute Gasteiger partial charge is 0.504 e. The van der Waals surface area contributed by atoms with Gasteiger partial charge in [0.2, 0.25) is 11.8 Å². The molecule has 1 saturated carbocycles. The number of imide groups is 1. The fraction of sp³-hybridized carbons (Fsp3) is 0.191. The molecule has 9 heteroatoms. The van der Waals surface area contributed by atoms with Crippen molar-refractivity contribution in [1.29, 1.82) is 0 Å². The van der Waals surface area contributed by atoms with E-state index in [4.69, 9.17) is 4.74 Å². The summed E-state index contributed by atoms with van der Waals surface area (Å²) in [6.45, 7) is 0. The van der Waals surface area contributed by atoms with Gasteiger partial charge in [0.05, 0.1) is 33.6 Å². The van der Waals surface area contributed by atoms with E-state index in [9.17, 15) is 14.7 Å². The molecule has 278 valence electrons. The van der Waals surface area contributed by atoms with Gasteiger partial charge in [0.1, 0.15) is 0 Å².